The third kappa shape index (κ3) is 6.99. The van der Waals surface area contributed by atoms with E-state index in [0.29, 0.717) is 0 Å². The number of likely N-dealkylation sites (tertiary alicyclic amines) is 1. The minimum Gasteiger partial charge on any atom is -0.385 e. The molecule has 0 aromatic heterocycles. The predicted octanol–water partition coefficient (Wildman–Crippen LogP) is 0.971. The number of nitrogens with one attached hydrogen (secondary N) is 1. The molecular weight excluding hydrogens is 216 g/mol. The lowest BCUT2D eigenvalue weighted by Gasteiger charge is -2.32. The summed E-state index contributed by atoms with van der Waals surface area (Å²) in [6.07, 6.45) is 3.70. The van der Waals surface area contributed by atoms with E-state index in [-0.39, 0.29) is 0 Å². The Morgan fingerprint density at radius 1 is 1.29 bits per heavy atom. The molecule has 0 amide bonds. The second-order valence-electron chi connectivity index (χ2n) is 4.83. The van der Waals surface area contributed by atoms with E-state index in [2.05, 4.69) is 10.2 Å². The Kier molecular flexibility index (Phi) is 8.61. The van der Waals surface area contributed by atoms with Crippen molar-refractivity contribution in [3.8, 4) is 0 Å². The molecule has 0 aromatic rings. The van der Waals surface area contributed by atoms with Gasteiger partial charge in [0.2, 0.25) is 0 Å². The number of hydrogen-bond donors (Lipinski definition) is 1. The van der Waals surface area contributed by atoms with Crippen molar-refractivity contribution in [1.82, 2.24) is 10.2 Å². The van der Waals surface area contributed by atoms with E-state index < -0.39 is 0 Å². The van der Waals surface area contributed by atoms with E-state index in [9.17, 15) is 0 Å². The van der Waals surface area contributed by atoms with Crippen molar-refractivity contribution in [3.05, 3.63) is 0 Å². The molecule has 1 N–H and O–H groups in total. The summed E-state index contributed by atoms with van der Waals surface area (Å²) in [5, 5.41) is 3.28. The van der Waals surface area contributed by atoms with Crippen LogP contribution in [0.5, 0.6) is 0 Å². The zero-order valence-electron chi connectivity index (χ0n) is 11.4. The summed E-state index contributed by atoms with van der Waals surface area (Å²) in [5.41, 5.74) is 0. The Bertz CT molecular complexity index is 177. The largest absolute Gasteiger partial charge is 0.385 e. The second kappa shape index (κ2) is 9.83. The first kappa shape index (κ1) is 14.9. The molecule has 17 heavy (non-hydrogen) atoms. The molecule has 1 rings (SSSR count). The van der Waals surface area contributed by atoms with Crippen molar-refractivity contribution >= 4 is 0 Å². The summed E-state index contributed by atoms with van der Waals surface area (Å²) in [7, 11) is 3.77. The Morgan fingerprint density at radius 3 is 2.94 bits per heavy atom. The van der Waals surface area contributed by atoms with Crippen LogP contribution in [0.2, 0.25) is 0 Å². The van der Waals surface area contributed by atoms with E-state index in [4.69, 9.17) is 9.47 Å². The number of nitrogens with zero attached hydrogens (tertiary/aromatic N) is 1. The second-order valence-corrected chi connectivity index (χ2v) is 4.83. The highest BCUT2D eigenvalue weighted by atomic mass is 16.5. The number of ether oxygens (including phenoxy) is 2. The number of piperidine rings is 1. The molecule has 1 heterocycles. The van der Waals surface area contributed by atoms with Crippen LogP contribution in [0.1, 0.15) is 19.3 Å². The van der Waals surface area contributed by atoms with Gasteiger partial charge in [-0.3, -0.25) is 0 Å². The summed E-state index contributed by atoms with van der Waals surface area (Å²) >= 11 is 0. The van der Waals surface area contributed by atoms with Gasteiger partial charge >= 0.3 is 0 Å². The highest BCUT2D eigenvalue weighted by molar-refractivity contribution is 4.73. The summed E-state index contributed by atoms with van der Waals surface area (Å²) in [6, 6.07) is 0. The molecular formula is C13H28N2O2. The molecule has 0 radical (unpaired) electrons. The maximum Gasteiger partial charge on any atom is 0.0593 e. The van der Waals surface area contributed by atoms with Crippen molar-refractivity contribution < 1.29 is 9.47 Å². The summed E-state index contributed by atoms with van der Waals surface area (Å²) in [4.78, 5) is 2.53. The van der Waals surface area contributed by atoms with Gasteiger partial charge < -0.3 is 19.7 Å². The first-order valence-corrected chi connectivity index (χ1v) is 6.80. The minimum atomic E-state index is 0.800. The lowest BCUT2D eigenvalue weighted by molar-refractivity contribution is 0.0714. The average molecular weight is 244 g/mol. The molecule has 0 aromatic carbocycles. The predicted molar refractivity (Wildman–Crippen MR) is 70.4 cm³/mol. The van der Waals surface area contributed by atoms with Crippen molar-refractivity contribution in [2.24, 2.45) is 5.92 Å². The van der Waals surface area contributed by atoms with Crippen LogP contribution in [0.3, 0.4) is 0 Å². The van der Waals surface area contributed by atoms with Gasteiger partial charge in [-0.25, -0.2) is 0 Å². The minimum absolute atomic E-state index is 0.800. The van der Waals surface area contributed by atoms with E-state index in [1.807, 2.05) is 7.05 Å². The van der Waals surface area contributed by atoms with Gasteiger partial charge in [-0.05, 0) is 45.3 Å². The number of rotatable bonds is 9. The molecule has 4 nitrogen and oxygen atoms in total. The van der Waals surface area contributed by atoms with Crippen molar-refractivity contribution in [2.75, 3.05) is 60.2 Å². The Labute approximate surface area is 106 Å². The average Bonchev–Trinajstić information content (AvgIpc) is 2.35. The smallest absolute Gasteiger partial charge is 0.0593 e. The van der Waals surface area contributed by atoms with Gasteiger partial charge in [0.25, 0.3) is 0 Å². The van der Waals surface area contributed by atoms with E-state index >= 15 is 0 Å². The molecule has 0 spiro atoms. The number of methoxy groups -OCH3 is 1. The fraction of sp³-hybridized carbons (Fsp3) is 1.00. The van der Waals surface area contributed by atoms with Crippen molar-refractivity contribution in [3.63, 3.8) is 0 Å². The fourth-order valence-corrected chi connectivity index (χ4v) is 2.41. The monoisotopic (exact) mass is 244 g/mol. The SMILES string of the molecule is CNCC1CCCN(CCOCCCOC)C1. The van der Waals surface area contributed by atoms with Crippen LogP contribution in [0.4, 0.5) is 0 Å². The van der Waals surface area contributed by atoms with Gasteiger partial charge in [-0.2, -0.15) is 0 Å². The molecule has 1 saturated heterocycles. The first-order chi connectivity index (χ1) is 8.36. The molecule has 1 unspecified atom stereocenters. The van der Waals surface area contributed by atoms with Crippen LogP contribution in [-0.4, -0.2) is 65.1 Å². The zero-order valence-corrected chi connectivity index (χ0v) is 11.4. The van der Waals surface area contributed by atoms with Gasteiger partial charge in [0.1, 0.15) is 0 Å². The Balaban J connectivity index is 1.98. The van der Waals surface area contributed by atoms with Crippen LogP contribution < -0.4 is 5.32 Å². The Hall–Kier alpha value is -0.160. The maximum atomic E-state index is 5.60. The molecule has 0 saturated carbocycles. The fourth-order valence-electron chi connectivity index (χ4n) is 2.41. The molecule has 0 bridgehead atoms. The van der Waals surface area contributed by atoms with E-state index in [1.54, 1.807) is 7.11 Å². The van der Waals surface area contributed by atoms with E-state index in [0.717, 1.165) is 45.2 Å². The van der Waals surface area contributed by atoms with Crippen LogP contribution in [0, 0.1) is 5.92 Å². The van der Waals surface area contributed by atoms with Crippen LogP contribution >= 0.6 is 0 Å². The van der Waals surface area contributed by atoms with Crippen LogP contribution in [-0.2, 0) is 9.47 Å². The van der Waals surface area contributed by atoms with Crippen LogP contribution in [0.25, 0.3) is 0 Å². The topological polar surface area (TPSA) is 33.7 Å². The molecule has 1 fully saturated rings. The first-order valence-electron chi connectivity index (χ1n) is 6.80. The summed E-state index contributed by atoms with van der Waals surface area (Å²) < 4.78 is 10.6. The summed E-state index contributed by atoms with van der Waals surface area (Å²) in [5.74, 6) is 0.822. The lowest BCUT2D eigenvalue weighted by atomic mass is 9.98. The van der Waals surface area contributed by atoms with Gasteiger partial charge in [0, 0.05) is 33.4 Å². The Morgan fingerprint density at radius 2 is 2.18 bits per heavy atom. The standard InChI is InChI=1S/C13H28N2O2/c1-14-11-13-5-3-6-15(12-13)7-10-17-9-4-8-16-2/h13-14H,3-12H2,1-2H3. The quantitative estimate of drug-likeness (QED) is 0.613. The molecule has 1 aliphatic rings. The van der Waals surface area contributed by atoms with E-state index in [1.165, 1.54) is 25.9 Å². The van der Waals surface area contributed by atoms with Gasteiger partial charge in [0.05, 0.1) is 6.61 Å². The van der Waals surface area contributed by atoms with Crippen molar-refractivity contribution in [1.29, 1.82) is 0 Å². The normalized spacial score (nSPS) is 21.9. The lowest BCUT2D eigenvalue weighted by Crippen LogP contribution is -2.40. The third-order valence-electron chi connectivity index (χ3n) is 3.28. The highest BCUT2D eigenvalue weighted by Crippen LogP contribution is 2.15. The molecule has 1 aliphatic heterocycles. The van der Waals surface area contributed by atoms with Gasteiger partial charge in [0.15, 0.2) is 0 Å². The van der Waals surface area contributed by atoms with Gasteiger partial charge in [-0.1, -0.05) is 0 Å². The third-order valence-corrected chi connectivity index (χ3v) is 3.28. The molecule has 1 atom stereocenters. The van der Waals surface area contributed by atoms with Gasteiger partial charge in [-0.15, -0.1) is 0 Å². The molecule has 102 valence electrons. The summed E-state index contributed by atoms with van der Waals surface area (Å²) in [6.45, 7) is 7.16. The highest BCUT2D eigenvalue weighted by Gasteiger charge is 2.18. The number of hydrogen-bond acceptors (Lipinski definition) is 4. The van der Waals surface area contributed by atoms with Crippen LogP contribution in [0.15, 0.2) is 0 Å². The van der Waals surface area contributed by atoms with Crippen molar-refractivity contribution in [2.45, 2.75) is 19.3 Å². The maximum absolute atomic E-state index is 5.60. The molecule has 4 heteroatoms. The zero-order chi connectivity index (χ0) is 12.3. The molecule has 0 aliphatic carbocycles.